The number of nitrogens with zero attached hydrogens (tertiary/aromatic N) is 2. The smallest absolute Gasteiger partial charge is 0.266 e. The fraction of sp³-hybridized carbons (Fsp3) is 0.238. The van der Waals surface area contributed by atoms with Crippen molar-refractivity contribution in [1.29, 1.82) is 0 Å². The number of halogens is 1. The number of ether oxygens (including phenoxy) is 2. The second-order valence-corrected chi connectivity index (χ2v) is 8.80. The summed E-state index contributed by atoms with van der Waals surface area (Å²) in [7, 11) is -0.803. The Kier molecular flexibility index (Phi) is 6.99. The Bertz CT molecular complexity index is 1240. The highest BCUT2D eigenvalue weighted by Gasteiger charge is 2.19. The minimum absolute atomic E-state index is 0.0234. The molecule has 10 heteroatoms. The van der Waals surface area contributed by atoms with Crippen molar-refractivity contribution in [2.75, 3.05) is 20.8 Å². The standard InChI is InChI=1S/C21H22ClN3O5S/c1-14-12-19(30-3)17(22)13-20(14)31(27,28)23-10-11-25-21(26)9-8-18(24-25)15-4-6-16(29-2)7-5-15/h4-9,12-13,23H,10-11H2,1-3H3. The molecule has 0 saturated heterocycles. The maximum Gasteiger partial charge on any atom is 0.266 e. The van der Waals surface area contributed by atoms with Crippen LogP contribution in [0.1, 0.15) is 5.56 Å². The van der Waals surface area contributed by atoms with Gasteiger partial charge in [-0.2, -0.15) is 5.10 Å². The summed E-state index contributed by atoms with van der Waals surface area (Å²) < 4.78 is 39.4. The normalized spacial score (nSPS) is 11.4. The largest absolute Gasteiger partial charge is 0.497 e. The van der Waals surface area contributed by atoms with Gasteiger partial charge in [0, 0.05) is 18.2 Å². The van der Waals surface area contributed by atoms with Crippen LogP contribution in [0.2, 0.25) is 5.02 Å². The van der Waals surface area contributed by atoms with Crippen LogP contribution >= 0.6 is 11.6 Å². The number of methoxy groups -OCH3 is 2. The van der Waals surface area contributed by atoms with E-state index >= 15 is 0 Å². The lowest BCUT2D eigenvalue weighted by Crippen LogP contribution is -2.32. The van der Waals surface area contributed by atoms with Gasteiger partial charge in [-0.25, -0.2) is 17.8 Å². The fourth-order valence-electron chi connectivity index (χ4n) is 2.97. The number of benzene rings is 2. The first-order valence-electron chi connectivity index (χ1n) is 9.31. The molecule has 0 fully saturated rings. The molecule has 164 valence electrons. The average molecular weight is 464 g/mol. The van der Waals surface area contributed by atoms with Gasteiger partial charge in [-0.15, -0.1) is 0 Å². The molecule has 1 N–H and O–H groups in total. The summed E-state index contributed by atoms with van der Waals surface area (Å²) in [5, 5.41) is 4.53. The zero-order valence-corrected chi connectivity index (χ0v) is 18.8. The first-order valence-corrected chi connectivity index (χ1v) is 11.2. The van der Waals surface area contributed by atoms with Crippen LogP contribution in [0.15, 0.2) is 58.2 Å². The molecule has 0 bridgehead atoms. The Balaban J connectivity index is 1.75. The van der Waals surface area contributed by atoms with Gasteiger partial charge in [-0.1, -0.05) is 11.6 Å². The van der Waals surface area contributed by atoms with Crippen molar-refractivity contribution >= 4 is 21.6 Å². The second-order valence-electron chi connectivity index (χ2n) is 6.66. The van der Waals surface area contributed by atoms with Crippen molar-refractivity contribution < 1.29 is 17.9 Å². The topological polar surface area (TPSA) is 99.5 Å². The molecule has 0 radical (unpaired) electrons. The van der Waals surface area contributed by atoms with Gasteiger partial charge in [0.2, 0.25) is 10.0 Å². The molecule has 0 spiro atoms. The molecule has 0 amide bonds. The van der Waals surface area contributed by atoms with E-state index < -0.39 is 10.0 Å². The third-order valence-corrected chi connectivity index (χ3v) is 6.51. The highest BCUT2D eigenvalue weighted by molar-refractivity contribution is 7.89. The number of aromatic nitrogens is 2. The average Bonchev–Trinajstić information content (AvgIpc) is 2.76. The van der Waals surface area contributed by atoms with E-state index in [0.717, 1.165) is 5.56 Å². The molecular weight excluding hydrogens is 442 g/mol. The number of sulfonamides is 1. The molecule has 0 aliphatic carbocycles. The van der Waals surface area contributed by atoms with Gasteiger partial charge in [0.05, 0.1) is 36.4 Å². The summed E-state index contributed by atoms with van der Waals surface area (Å²) in [5.41, 5.74) is 1.55. The van der Waals surface area contributed by atoms with Crippen LogP contribution in [0.25, 0.3) is 11.3 Å². The van der Waals surface area contributed by atoms with E-state index in [1.807, 2.05) is 12.1 Å². The van der Waals surface area contributed by atoms with E-state index in [1.165, 1.54) is 23.9 Å². The third-order valence-electron chi connectivity index (χ3n) is 4.61. The first-order chi connectivity index (χ1) is 14.7. The Morgan fingerprint density at radius 1 is 1.06 bits per heavy atom. The van der Waals surface area contributed by atoms with Crippen molar-refractivity contribution in [3.63, 3.8) is 0 Å². The molecular formula is C21H22ClN3O5S. The van der Waals surface area contributed by atoms with E-state index in [0.29, 0.717) is 22.8 Å². The zero-order chi connectivity index (χ0) is 22.6. The van der Waals surface area contributed by atoms with Crippen LogP contribution in [0, 0.1) is 6.92 Å². The summed E-state index contributed by atoms with van der Waals surface area (Å²) in [6.45, 7) is 1.69. The molecule has 0 aliphatic heterocycles. The quantitative estimate of drug-likeness (QED) is 0.551. The Hall–Kier alpha value is -2.88. The van der Waals surface area contributed by atoms with Crippen LogP contribution in [0.5, 0.6) is 11.5 Å². The van der Waals surface area contributed by atoms with Crippen LogP contribution in [0.4, 0.5) is 0 Å². The summed E-state index contributed by atoms with van der Waals surface area (Å²) in [4.78, 5) is 12.2. The SMILES string of the molecule is COc1ccc(-c2ccc(=O)n(CCNS(=O)(=O)c3cc(Cl)c(OC)cc3C)n2)cc1. The lowest BCUT2D eigenvalue weighted by atomic mass is 10.1. The van der Waals surface area contributed by atoms with Crippen molar-refractivity contribution in [2.24, 2.45) is 0 Å². The maximum absolute atomic E-state index is 12.7. The molecule has 3 aromatic rings. The molecule has 31 heavy (non-hydrogen) atoms. The molecule has 0 atom stereocenters. The molecule has 1 heterocycles. The van der Waals surface area contributed by atoms with Crippen molar-refractivity contribution in [3.8, 4) is 22.8 Å². The van der Waals surface area contributed by atoms with Crippen molar-refractivity contribution in [3.05, 3.63) is 69.5 Å². The monoisotopic (exact) mass is 463 g/mol. The highest BCUT2D eigenvalue weighted by Crippen LogP contribution is 2.30. The minimum atomic E-state index is -3.84. The Labute approximate surface area is 185 Å². The van der Waals surface area contributed by atoms with Gasteiger partial charge in [0.25, 0.3) is 5.56 Å². The van der Waals surface area contributed by atoms with Gasteiger partial charge in [0.15, 0.2) is 0 Å². The van der Waals surface area contributed by atoms with Crippen LogP contribution < -0.4 is 19.8 Å². The highest BCUT2D eigenvalue weighted by atomic mass is 35.5. The van der Waals surface area contributed by atoms with E-state index in [1.54, 1.807) is 38.3 Å². The molecule has 8 nitrogen and oxygen atoms in total. The van der Waals surface area contributed by atoms with Crippen LogP contribution in [-0.2, 0) is 16.6 Å². The summed E-state index contributed by atoms with van der Waals surface area (Å²) in [6.07, 6.45) is 0. The summed E-state index contributed by atoms with van der Waals surface area (Å²) in [6, 6.07) is 13.2. The molecule has 0 unspecified atom stereocenters. The van der Waals surface area contributed by atoms with Gasteiger partial charge in [-0.05, 0) is 55.0 Å². The van der Waals surface area contributed by atoms with Crippen molar-refractivity contribution in [2.45, 2.75) is 18.4 Å². The van der Waals surface area contributed by atoms with Crippen molar-refractivity contribution in [1.82, 2.24) is 14.5 Å². The van der Waals surface area contributed by atoms with Crippen LogP contribution in [-0.4, -0.2) is 39.0 Å². The predicted molar refractivity (Wildman–Crippen MR) is 118 cm³/mol. The molecule has 0 aliphatic rings. The zero-order valence-electron chi connectivity index (χ0n) is 17.3. The fourth-order valence-corrected chi connectivity index (χ4v) is 4.55. The van der Waals surface area contributed by atoms with E-state index in [4.69, 9.17) is 21.1 Å². The van der Waals surface area contributed by atoms with Gasteiger partial charge in [0.1, 0.15) is 11.5 Å². The third kappa shape index (κ3) is 5.25. The van der Waals surface area contributed by atoms with Crippen LogP contribution in [0.3, 0.4) is 0 Å². The van der Waals surface area contributed by atoms with Gasteiger partial charge in [-0.3, -0.25) is 4.79 Å². The minimum Gasteiger partial charge on any atom is -0.497 e. The van der Waals surface area contributed by atoms with Gasteiger partial charge < -0.3 is 9.47 Å². The van der Waals surface area contributed by atoms with E-state index in [2.05, 4.69) is 9.82 Å². The summed E-state index contributed by atoms with van der Waals surface area (Å²) >= 11 is 6.07. The number of hydrogen-bond donors (Lipinski definition) is 1. The first kappa shape index (κ1) is 22.8. The molecule has 1 aromatic heterocycles. The Morgan fingerprint density at radius 2 is 1.77 bits per heavy atom. The molecule has 2 aromatic carbocycles. The maximum atomic E-state index is 12.7. The summed E-state index contributed by atoms with van der Waals surface area (Å²) in [5.74, 6) is 1.10. The number of aryl methyl sites for hydroxylation is 1. The predicted octanol–water partition coefficient (Wildman–Crippen LogP) is 2.87. The lowest BCUT2D eigenvalue weighted by molar-refractivity contribution is 0.414. The number of rotatable bonds is 8. The van der Waals surface area contributed by atoms with E-state index in [9.17, 15) is 13.2 Å². The second kappa shape index (κ2) is 9.51. The van der Waals surface area contributed by atoms with E-state index in [-0.39, 0.29) is 28.6 Å². The Morgan fingerprint density at radius 3 is 2.42 bits per heavy atom. The number of nitrogens with one attached hydrogen (secondary N) is 1. The number of hydrogen-bond acceptors (Lipinski definition) is 6. The molecule has 0 saturated carbocycles. The van der Waals surface area contributed by atoms with Gasteiger partial charge >= 0.3 is 0 Å². The molecule has 3 rings (SSSR count). The lowest BCUT2D eigenvalue weighted by Gasteiger charge is -2.12.